The number of benzene rings is 2. The number of allylic oxidation sites excluding steroid dienone is 2. The topological polar surface area (TPSA) is 77.0 Å². The van der Waals surface area contributed by atoms with Crippen LogP contribution in [0.5, 0.6) is 11.5 Å². The highest BCUT2D eigenvalue weighted by molar-refractivity contribution is 7.89. The van der Waals surface area contributed by atoms with Gasteiger partial charge in [0.25, 0.3) is 0 Å². The molecule has 0 atom stereocenters. The summed E-state index contributed by atoms with van der Waals surface area (Å²) in [4.78, 5) is 4.74. The van der Waals surface area contributed by atoms with Gasteiger partial charge in [0.05, 0.1) is 24.7 Å². The molecule has 37 heavy (non-hydrogen) atoms. The zero-order valence-electron chi connectivity index (χ0n) is 21.7. The molecule has 2 saturated carbocycles. The van der Waals surface area contributed by atoms with Crippen LogP contribution in [0.1, 0.15) is 63.9 Å². The Kier molecular flexibility index (Phi) is 9.38. The van der Waals surface area contributed by atoms with Gasteiger partial charge in [-0.1, -0.05) is 18.2 Å². The van der Waals surface area contributed by atoms with E-state index in [9.17, 15) is 12.8 Å². The van der Waals surface area contributed by atoms with E-state index in [0.717, 1.165) is 62.6 Å². The van der Waals surface area contributed by atoms with Crippen molar-refractivity contribution in [2.75, 3.05) is 7.11 Å². The van der Waals surface area contributed by atoms with E-state index in [4.69, 9.17) is 9.47 Å². The van der Waals surface area contributed by atoms with Gasteiger partial charge >= 0.3 is 0 Å². The minimum atomic E-state index is -3.66. The molecule has 8 heteroatoms. The van der Waals surface area contributed by atoms with Gasteiger partial charge in [0.2, 0.25) is 10.0 Å². The Morgan fingerprint density at radius 1 is 1.03 bits per heavy atom. The first-order chi connectivity index (χ1) is 17.8. The molecule has 0 spiro atoms. The van der Waals surface area contributed by atoms with E-state index in [1.165, 1.54) is 19.2 Å². The summed E-state index contributed by atoms with van der Waals surface area (Å²) in [5.41, 5.74) is 1.89. The summed E-state index contributed by atoms with van der Waals surface area (Å²) in [6.07, 6.45) is 12.1. The van der Waals surface area contributed by atoms with Crippen molar-refractivity contribution in [1.29, 1.82) is 0 Å². The van der Waals surface area contributed by atoms with Crippen LogP contribution in [0, 0.1) is 11.7 Å². The summed E-state index contributed by atoms with van der Waals surface area (Å²) in [6.45, 7) is 2.47. The quantitative estimate of drug-likeness (QED) is 0.372. The molecule has 0 heterocycles. The SMILES string of the molecule is COc1cc(S(=O)(=O)NC2CCC(/C=C/C(C)=NCc3ccc(F)cc3)CC2)ccc1OC1CCCC1. The molecule has 0 radical (unpaired) electrons. The predicted octanol–water partition coefficient (Wildman–Crippen LogP) is 6.21. The molecule has 0 amide bonds. The molecule has 2 aliphatic carbocycles. The molecular formula is C29H37FN2O4S. The van der Waals surface area contributed by atoms with Crippen molar-refractivity contribution in [3.63, 3.8) is 0 Å². The molecular weight excluding hydrogens is 491 g/mol. The fourth-order valence-corrected chi connectivity index (χ4v) is 6.27. The minimum absolute atomic E-state index is 0.0942. The Hall–Kier alpha value is -2.71. The van der Waals surface area contributed by atoms with Crippen LogP contribution in [0.4, 0.5) is 4.39 Å². The highest BCUT2D eigenvalue weighted by atomic mass is 32.2. The Labute approximate surface area is 220 Å². The Balaban J connectivity index is 1.27. The lowest BCUT2D eigenvalue weighted by molar-refractivity contribution is 0.200. The molecule has 6 nitrogen and oxygen atoms in total. The smallest absolute Gasteiger partial charge is 0.240 e. The van der Waals surface area contributed by atoms with Crippen molar-refractivity contribution in [3.8, 4) is 11.5 Å². The second-order valence-corrected chi connectivity index (χ2v) is 11.7. The van der Waals surface area contributed by atoms with Crippen LogP contribution in [-0.2, 0) is 16.6 Å². The zero-order chi connectivity index (χ0) is 26.3. The summed E-state index contributed by atoms with van der Waals surface area (Å²) in [6, 6.07) is 11.1. The molecule has 200 valence electrons. The first-order valence-corrected chi connectivity index (χ1v) is 14.6. The van der Waals surface area contributed by atoms with Crippen LogP contribution in [0.2, 0.25) is 0 Å². The number of nitrogens with zero attached hydrogens (tertiary/aromatic N) is 1. The monoisotopic (exact) mass is 528 g/mol. The third-order valence-corrected chi connectivity index (χ3v) is 8.69. The second kappa shape index (κ2) is 12.7. The van der Waals surface area contributed by atoms with Gasteiger partial charge in [0.15, 0.2) is 11.5 Å². The predicted molar refractivity (Wildman–Crippen MR) is 144 cm³/mol. The molecule has 2 fully saturated rings. The van der Waals surface area contributed by atoms with Gasteiger partial charge in [-0.25, -0.2) is 17.5 Å². The van der Waals surface area contributed by atoms with E-state index in [-0.39, 0.29) is 22.9 Å². The summed E-state index contributed by atoms with van der Waals surface area (Å²) >= 11 is 0. The van der Waals surface area contributed by atoms with E-state index in [1.807, 2.05) is 13.0 Å². The first-order valence-electron chi connectivity index (χ1n) is 13.1. The number of methoxy groups -OCH3 is 1. The number of ether oxygens (including phenoxy) is 2. The van der Waals surface area contributed by atoms with Crippen molar-refractivity contribution >= 4 is 15.7 Å². The molecule has 2 aliphatic rings. The Morgan fingerprint density at radius 2 is 1.73 bits per heavy atom. The van der Waals surface area contributed by atoms with Crippen molar-refractivity contribution in [1.82, 2.24) is 4.72 Å². The normalized spacial score (nSPS) is 21.4. The molecule has 0 aromatic heterocycles. The van der Waals surface area contributed by atoms with Gasteiger partial charge < -0.3 is 9.47 Å². The van der Waals surface area contributed by atoms with Crippen LogP contribution in [-0.4, -0.2) is 33.4 Å². The molecule has 2 aromatic carbocycles. The Bertz CT molecular complexity index is 1200. The molecule has 0 unspecified atom stereocenters. The van der Waals surface area contributed by atoms with Crippen molar-refractivity contribution < 1.29 is 22.3 Å². The number of hydrogen-bond donors (Lipinski definition) is 1. The third kappa shape index (κ3) is 7.89. The summed E-state index contributed by atoms with van der Waals surface area (Å²) in [5, 5.41) is 0. The van der Waals surface area contributed by atoms with Gasteiger partial charge in [-0.15, -0.1) is 0 Å². The largest absolute Gasteiger partial charge is 0.493 e. The van der Waals surface area contributed by atoms with Gasteiger partial charge in [0, 0.05) is 17.8 Å². The fourth-order valence-electron chi connectivity index (χ4n) is 4.95. The lowest BCUT2D eigenvalue weighted by Crippen LogP contribution is -2.37. The average molecular weight is 529 g/mol. The molecule has 1 N–H and O–H groups in total. The van der Waals surface area contributed by atoms with Crippen LogP contribution in [0.25, 0.3) is 0 Å². The van der Waals surface area contributed by atoms with E-state index < -0.39 is 10.0 Å². The fraction of sp³-hybridized carbons (Fsp3) is 0.483. The average Bonchev–Trinajstić information content (AvgIpc) is 3.41. The van der Waals surface area contributed by atoms with Crippen molar-refractivity contribution in [2.45, 2.75) is 81.9 Å². The maximum absolute atomic E-state index is 13.1. The number of halogens is 1. The number of sulfonamides is 1. The van der Waals surface area contributed by atoms with E-state index in [2.05, 4.69) is 15.8 Å². The van der Waals surface area contributed by atoms with Crippen LogP contribution in [0.3, 0.4) is 0 Å². The summed E-state index contributed by atoms with van der Waals surface area (Å²) in [7, 11) is -2.13. The highest BCUT2D eigenvalue weighted by Crippen LogP contribution is 2.34. The number of hydrogen-bond acceptors (Lipinski definition) is 5. The lowest BCUT2D eigenvalue weighted by atomic mass is 9.86. The minimum Gasteiger partial charge on any atom is -0.493 e. The number of aliphatic imine (C=N–C) groups is 1. The lowest BCUT2D eigenvalue weighted by Gasteiger charge is -2.27. The summed E-state index contributed by atoms with van der Waals surface area (Å²) < 4.78 is 53.5. The van der Waals surface area contributed by atoms with E-state index in [1.54, 1.807) is 30.3 Å². The van der Waals surface area contributed by atoms with Crippen molar-refractivity contribution in [2.24, 2.45) is 10.9 Å². The molecule has 4 rings (SSSR count). The molecule has 0 aliphatic heterocycles. The third-order valence-electron chi connectivity index (χ3n) is 7.17. The van der Waals surface area contributed by atoms with E-state index in [0.29, 0.717) is 24.0 Å². The van der Waals surface area contributed by atoms with E-state index >= 15 is 0 Å². The maximum Gasteiger partial charge on any atom is 0.240 e. The van der Waals surface area contributed by atoms with Gasteiger partial charge in [0.1, 0.15) is 5.82 Å². The standard InChI is InChI=1S/C29H37FN2O4S/c1-21(31-20-23-9-13-24(30)14-10-23)7-8-22-11-15-25(16-12-22)32-37(33,34)27-17-18-28(29(19-27)35-2)36-26-5-3-4-6-26/h7-10,13-14,17-19,22,25-26,32H,3-6,11-12,15-16,20H2,1-2H3/b8-7+,31-21?. The molecule has 2 aromatic rings. The van der Waals surface area contributed by atoms with Crippen LogP contribution >= 0.6 is 0 Å². The maximum atomic E-state index is 13.1. The zero-order valence-corrected chi connectivity index (χ0v) is 22.5. The molecule has 0 bridgehead atoms. The van der Waals surface area contributed by atoms with Gasteiger partial charge in [-0.3, -0.25) is 4.99 Å². The first kappa shape index (κ1) is 27.3. The van der Waals surface area contributed by atoms with Gasteiger partial charge in [-0.2, -0.15) is 0 Å². The van der Waals surface area contributed by atoms with Gasteiger partial charge in [-0.05, 0) is 100 Å². The van der Waals surface area contributed by atoms with Crippen LogP contribution in [0.15, 0.2) is 64.5 Å². The Morgan fingerprint density at radius 3 is 2.41 bits per heavy atom. The summed E-state index contributed by atoms with van der Waals surface area (Å²) in [5.74, 6) is 1.19. The number of rotatable bonds is 10. The number of nitrogens with one attached hydrogen (secondary N) is 1. The molecule has 0 saturated heterocycles. The highest BCUT2D eigenvalue weighted by Gasteiger charge is 2.26. The second-order valence-electron chi connectivity index (χ2n) is 10.0. The van der Waals surface area contributed by atoms with Crippen molar-refractivity contribution in [3.05, 3.63) is 66.0 Å². The van der Waals surface area contributed by atoms with Crippen LogP contribution < -0.4 is 14.2 Å².